The molecule has 0 saturated carbocycles. The molecular formula is C6H4F2S2. The number of halogens is 2. The Labute approximate surface area is 66.4 Å². The van der Waals surface area contributed by atoms with E-state index >= 15 is 0 Å². The summed E-state index contributed by atoms with van der Waals surface area (Å²) in [5, 5.41) is 0. The highest BCUT2D eigenvalue weighted by atomic mass is 33.1. The molecule has 0 heterocycles. The lowest BCUT2D eigenvalue weighted by Crippen LogP contribution is -1.83. The van der Waals surface area contributed by atoms with Crippen LogP contribution in [0.1, 0.15) is 0 Å². The predicted octanol–water partition coefficient (Wildman–Crippen LogP) is 2.90. The van der Waals surface area contributed by atoms with Crippen molar-refractivity contribution in [2.45, 2.75) is 4.90 Å². The van der Waals surface area contributed by atoms with E-state index in [1.807, 2.05) is 0 Å². The van der Waals surface area contributed by atoms with Gasteiger partial charge < -0.3 is 0 Å². The Morgan fingerprint density at radius 2 is 2.00 bits per heavy atom. The fraction of sp³-hybridized carbons (Fsp3) is 0. The van der Waals surface area contributed by atoms with Crippen molar-refractivity contribution in [3.8, 4) is 0 Å². The largest absolute Gasteiger partial charge is 0.204 e. The van der Waals surface area contributed by atoms with Crippen LogP contribution < -0.4 is 0 Å². The van der Waals surface area contributed by atoms with Crippen molar-refractivity contribution in [2.75, 3.05) is 0 Å². The molecule has 0 aliphatic rings. The average Bonchev–Trinajstić information content (AvgIpc) is 1.95. The third-order valence-corrected chi connectivity index (χ3v) is 2.12. The Morgan fingerprint density at radius 1 is 1.30 bits per heavy atom. The van der Waals surface area contributed by atoms with Gasteiger partial charge in [0, 0.05) is 0 Å². The molecule has 4 heteroatoms. The summed E-state index contributed by atoms with van der Waals surface area (Å²) in [5.74, 6) is -1.67. The Morgan fingerprint density at radius 3 is 2.50 bits per heavy atom. The molecule has 0 saturated heterocycles. The topological polar surface area (TPSA) is 0 Å². The minimum Gasteiger partial charge on any atom is -0.204 e. The van der Waals surface area contributed by atoms with Crippen molar-refractivity contribution in [3.63, 3.8) is 0 Å². The lowest BCUT2D eigenvalue weighted by atomic mass is 10.3. The van der Waals surface area contributed by atoms with E-state index in [0.29, 0.717) is 0 Å². The quantitative estimate of drug-likeness (QED) is 0.509. The summed E-state index contributed by atoms with van der Waals surface area (Å²) < 4.78 is 24.9. The second-order valence-corrected chi connectivity index (χ2v) is 2.81. The first-order valence-electron chi connectivity index (χ1n) is 2.51. The van der Waals surface area contributed by atoms with E-state index in [1.54, 1.807) is 0 Å². The Bertz CT molecular complexity index is 237. The van der Waals surface area contributed by atoms with Gasteiger partial charge in [0.1, 0.15) is 0 Å². The van der Waals surface area contributed by atoms with Gasteiger partial charge in [0.05, 0.1) is 4.90 Å². The zero-order valence-corrected chi connectivity index (χ0v) is 6.55. The molecule has 0 spiro atoms. The molecular weight excluding hydrogens is 174 g/mol. The molecule has 0 aliphatic heterocycles. The van der Waals surface area contributed by atoms with Gasteiger partial charge in [0.2, 0.25) is 0 Å². The maximum atomic E-state index is 12.6. The lowest BCUT2D eigenvalue weighted by molar-refractivity contribution is 0.492. The van der Waals surface area contributed by atoms with E-state index in [9.17, 15) is 8.78 Å². The van der Waals surface area contributed by atoms with Gasteiger partial charge in [-0.1, -0.05) is 16.9 Å². The molecule has 0 bridgehead atoms. The first kappa shape index (κ1) is 7.88. The van der Waals surface area contributed by atoms with Gasteiger partial charge in [-0.3, -0.25) is 0 Å². The van der Waals surface area contributed by atoms with Gasteiger partial charge in [-0.2, -0.15) is 0 Å². The Kier molecular flexibility index (Phi) is 2.56. The fourth-order valence-corrected chi connectivity index (χ4v) is 1.29. The summed E-state index contributed by atoms with van der Waals surface area (Å²) in [7, 11) is 0.889. The van der Waals surface area contributed by atoms with Gasteiger partial charge in [0.15, 0.2) is 11.6 Å². The van der Waals surface area contributed by atoms with E-state index < -0.39 is 11.6 Å². The number of benzene rings is 1. The molecule has 10 heavy (non-hydrogen) atoms. The van der Waals surface area contributed by atoms with Gasteiger partial charge in [-0.05, 0) is 12.1 Å². The zero-order valence-electron chi connectivity index (χ0n) is 4.84. The van der Waals surface area contributed by atoms with Crippen molar-refractivity contribution >= 4 is 22.5 Å². The van der Waals surface area contributed by atoms with Gasteiger partial charge in [-0.25, -0.2) is 8.78 Å². The molecule has 0 aromatic heterocycles. The summed E-state index contributed by atoms with van der Waals surface area (Å²) in [5.41, 5.74) is 0. The molecule has 1 rings (SSSR count). The molecule has 0 atom stereocenters. The van der Waals surface area contributed by atoms with E-state index in [4.69, 9.17) is 0 Å². The van der Waals surface area contributed by atoms with Crippen LogP contribution in [-0.2, 0) is 0 Å². The molecule has 0 aliphatic carbocycles. The minimum absolute atomic E-state index is 0.211. The summed E-state index contributed by atoms with van der Waals surface area (Å²) in [6.45, 7) is 0. The molecule has 54 valence electrons. The number of hydrogen-bond acceptors (Lipinski definition) is 2. The third-order valence-electron chi connectivity index (χ3n) is 1.01. The molecule has 0 N–H and O–H groups in total. The van der Waals surface area contributed by atoms with E-state index in [1.165, 1.54) is 12.1 Å². The van der Waals surface area contributed by atoms with Crippen LogP contribution in [0.5, 0.6) is 0 Å². The van der Waals surface area contributed by atoms with E-state index in [2.05, 4.69) is 11.7 Å². The van der Waals surface area contributed by atoms with E-state index in [0.717, 1.165) is 16.9 Å². The highest BCUT2D eigenvalue weighted by Crippen LogP contribution is 2.25. The lowest BCUT2D eigenvalue weighted by Gasteiger charge is -1.96. The number of thiol groups is 1. The SMILES string of the molecule is Fc1cccc(SS)c1F. The smallest absolute Gasteiger partial charge is 0.173 e. The monoisotopic (exact) mass is 178 g/mol. The van der Waals surface area contributed by atoms with Crippen LogP contribution in [0, 0.1) is 11.6 Å². The van der Waals surface area contributed by atoms with Crippen LogP contribution >= 0.6 is 22.5 Å². The highest BCUT2D eigenvalue weighted by molar-refractivity contribution is 8.68. The van der Waals surface area contributed by atoms with Crippen molar-refractivity contribution in [1.29, 1.82) is 0 Å². The van der Waals surface area contributed by atoms with Crippen LogP contribution in [0.4, 0.5) is 8.78 Å². The first-order valence-corrected chi connectivity index (χ1v) is 4.38. The summed E-state index contributed by atoms with van der Waals surface area (Å²) >= 11 is 3.74. The van der Waals surface area contributed by atoms with Crippen molar-refractivity contribution in [3.05, 3.63) is 29.8 Å². The second-order valence-electron chi connectivity index (χ2n) is 1.64. The molecule has 1 aromatic carbocycles. The summed E-state index contributed by atoms with van der Waals surface area (Å²) in [6, 6.07) is 3.98. The standard InChI is InChI=1S/C6H4F2S2/c7-4-2-1-3-5(10-9)6(4)8/h1-3,9H. The normalized spacial score (nSPS) is 9.90. The fourth-order valence-electron chi connectivity index (χ4n) is 0.555. The maximum Gasteiger partial charge on any atom is 0.173 e. The summed E-state index contributed by atoms with van der Waals surface area (Å²) in [6.07, 6.45) is 0. The zero-order chi connectivity index (χ0) is 7.56. The molecule has 1 aromatic rings. The van der Waals surface area contributed by atoms with Crippen LogP contribution in [0.15, 0.2) is 23.1 Å². The van der Waals surface area contributed by atoms with Crippen LogP contribution in [0.3, 0.4) is 0 Å². The van der Waals surface area contributed by atoms with Crippen LogP contribution in [-0.4, -0.2) is 0 Å². The van der Waals surface area contributed by atoms with Gasteiger partial charge in [0.25, 0.3) is 0 Å². The molecule has 0 unspecified atom stereocenters. The maximum absolute atomic E-state index is 12.6. The van der Waals surface area contributed by atoms with Crippen LogP contribution in [0.25, 0.3) is 0 Å². The third kappa shape index (κ3) is 1.44. The van der Waals surface area contributed by atoms with Crippen molar-refractivity contribution < 1.29 is 8.78 Å². The second kappa shape index (κ2) is 3.25. The Hall–Kier alpha value is -0.220. The van der Waals surface area contributed by atoms with Gasteiger partial charge in [-0.15, -0.1) is 11.7 Å². The molecule has 0 amide bonds. The minimum atomic E-state index is -0.834. The van der Waals surface area contributed by atoms with Gasteiger partial charge >= 0.3 is 0 Å². The Balaban J connectivity index is 3.14. The predicted molar refractivity (Wildman–Crippen MR) is 41.2 cm³/mol. The number of rotatable bonds is 1. The highest BCUT2D eigenvalue weighted by Gasteiger charge is 2.05. The van der Waals surface area contributed by atoms with Crippen LogP contribution in [0.2, 0.25) is 0 Å². The van der Waals surface area contributed by atoms with Crippen molar-refractivity contribution in [1.82, 2.24) is 0 Å². The van der Waals surface area contributed by atoms with E-state index in [-0.39, 0.29) is 4.90 Å². The molecule has 0 nitrogen and oxygen atoms in total. The first-order chi connectivity index (χ1) is 4.75. The molecule has 0 fully saturated rings. The number of hydrogen-bond donors (Lipinski definition) is 1. The summed E-state index contributed by atoms with van der Waals surface area (Å²) in [4.78, 5) is 0.211. The van der Waals surface area contributed by atoms with Crippen molar-refractivity contribution in [2.24, 2.45) is 0 Å². The average molecular weight is 178 g/mol. The molecule has 0 radical (unpaired) electrons.